The van der Waals surface area contributed by atoms with E-state index in [1.807, 2.05) is 13.1 Å². The van der Waals surface area contributed by atoms with Gasteiger partial charge in [0, 0.05) is 45.5 Å². The molecule has 3 heterocycles. The highest BCUT2D eigenvalue weighted by Crippen LogP contribution is 2.26. The number of aromatic nitrogens is 1. The lowest BCUT2D eigenvalue weighted by atomic mass is 9.92. The molecule has 0 radical (unpaired) electrons. The van der Waals surface area contributed by atoms with Crippen LogP contribution in [0.4, 0.5) is 5.82 Å². The van der Waals surface area contributed by atoms with E-state index in [4.69, 9.17) is 0 Å². The first-order valence-electron chi connectivity index (χ1n) is 8.76. The number of likely N-dealkylation sites (N-methyl/N-ethyl adjacent to an activating group) is 1. The Morgan fingerprint density at radius 3 is 2.21 bits per heavy atom. The second-order valence-electron chi connectivity index (χ2n) is 7.41. The lowest BCUT2D eigenvalue weighted by Crippen LogP contribution is -2.47. The number of piperazine rings is 1. The molecule has 1 aromatic rings. The van der Waals surface area contributed by atoms with Crippen LogP contribution in [0, 0.1) is 11.8 Å². The van der Waals surface area contributed by atoms with Crippen molar-refractivity contribution < 1.29 is 8.42 Å². The molecule has 2 fully saturated rings. The summed E-state index contributed by atoms with van der Waals surface area (Å²) in [6, 6.07) is 3.56. The lowest BCUT2D eigenvalue weighted by Gasteiger charge is -2.36. The third-order valence-electron chi connectivity index (χ3n) is 5.01. The molecule has 0 N–H and O–H groups in total. The van der Waals surface area contributed by atoms with Gasteiger partial charge in [-0.1, -0.05) is 13.8 Å². The van der Waals surface area contributed by atoms with Gasteiger partial charge in [-0.05, 0) is 37.4 Å². The maximum Gasteiger partial charge on any atom is 0.244 e. The van der Waals surface area contributed by atoms with Crippen molar-refractivity contribution >= 4 is 15.8 Å². The third-order valence-corrected chi connectivity index (χ3v) is 6.90. The summed E-state index contributed by atoms with van der Waals surface area (Å²) in [6.45, 7) is 9.12. The Morgan fingerprint density at radius 2 is 1.67 bits per heavy atom. The number of hydrogen-bond acceptors (Lipinski definition) is 5. The third kappa shape index (κ3) is 3.73. The van der Waals surface area contributed by atoms with Crippen LogP contribution in [-0.2, 0) is 10.0 Å². The Labute approximate surface area is 145 Å². The van der Waals surface area contributed by atoms with Crippen molar-refractivity contribution in [1.29, 1.82) is 0 Å². The molecule has 2 aliphatic heterocycles. The Hall–Kier alpha value is -1.18. The molecule has 3 rings (SSSR count). The van der Waals surface area contributed by atoms with Crippen LogP contribution in [0.5, 0.6) is 0 Å². The van der Waals surface area contributed by atoms with Crippen LogP contribution < -0.4 is 4.90 Å². The van der Waals surface area contributed by atoms with Crippen LogP contribution >= 0.6 is 0 Å². The van der Waals surface area contributed by atoms with Gasteiger partial charge >= 0.3 is 0 Å². The molecule has 7 heteroatoms. The fourth-order valence-electron chi connectivity index (χ4n) is 3.74. The zero-order chi connectivity index (χ0) is 17.3. The van der Waals surface area contributed by atoms with E-state index in [1.165, 1.54) is 12.6 Å². The highest BCUT2D eigenvalue weighted by Gasteiger charge is 2.28. The molecule has 2 unspecified atom stereocenters. The molecule has 0 aliphatic carbocycles. The van der Waals surface area contributed by atoms with E-state index in [1.54, 1.807) is 10.4 Å². The molecule has 0 spiro atoms. The summed E-state index contributed by atoms with van der Waals surface area (Å²) in [4.78, 5) is 9.17. The lowest BCUT2D eigenvalue weighted by molar-refractivity contribution is 0.222. The van der Waals surface area contributed by atoms with Gasteiger partial charge in [-0.25, -0.2) is 13.4 Å². The molecule has 0 amide bonds. The molecular weight excluding hydrogens is 324 g/mol. The van der Waals surface area contributed by atoms with E-state index < -0.39 is 10.0 Å². The van der Waals surface area contributed by atoms with Gasteiger partial charge in [0.2, 0.25) is 10.0 Å². The molecule has 0 aromatic carbocycles. The van der Waals surface area contributed by atoms with Crippen molar-refractivity contribution in [3.05, 3.63) is 18.3 Å². The molecular formula is C17H28N4O2S. The SMILES string of the molecule is CC1CC(C)CN(c2ccc(S(=O)(=O)N3CCN(C)CC3)cn2)C1. The summed E-state index contributed by atoms with van der Waals surface area (Å²) < 4.78 is 27.0. The minimum atomic E-state index is -3.43. The summed E-state index contributed by atoms with van der Waals surface area (Å²) in [5.41, 5.74) is 0. The molecule has 24 heavy (non-hydrogen) atoms. The Morgan fingerprint density at radius 1 is 1.04 bits per heavy atom. The van der Waals surface area contributed by atoms with E-state index in [0.29, 0.717) is 29.8 Å². The maximum atomic E-state index is 12.7. The molecule has 2 saturated heterocycles. The van der Waals surface area contributed by atoms with Gasteiger partial charge in [0.25, 0.3) is 0 Å². The molecule has 2 aliphatic rings. The number of rotatable bonds is 3. The summed E-state index contributed by atoms with van der Waals surface area (Å²) in [5.74, 6) is 2.17. The highest BCUT2D eigenvalue weighted by atomic mass is 32.2. The largest absolute Gasteiger partial charge is 0.356 e. The average Bonchev–Trinajstić information content (AvgIpc) is 2.54. The summed E-state index contributed by atoms with van der Waals surface area (Å²) >= 11 is 0. The van der Waals surface area contributed by atoms with Crippen molar-refractivity contribution in [3.63, 3.8) is 0 Å². The molecule has 0 bridgehead atoms. The van der Waals surface area contributed by atoms with Gasteiger partial charge in [0.15, 0.2) is 0 Å². The number of anilines is 1. The van der Waals surface area contributed by atoms with Crippen molar-refractivity contribution in [2.45, 2.75) is 25.2 Å². The van der Waals surface area contributed by atoms with Crippen molar-refractivity contribution in [3.8, 4) is 0 Å². The van der Waals surface area contributed by atoms with E-state index in [9.17, 15) is 8.42 Å². The first-order valence-corrected chi connectivity index (χ1v) is 10.2. The molecule has 1 aromatic heterocycles. The topological polar surface area (TPSA) is 56.8 Å². The summed E-state index contributed by atoms with van der Waals surface area (Å²) in [5, 5.41) is 0. The van der Waals surface area contributed by atoms with E-state index in [2.05, 4.69) is 28.6 Å². The second kappa shape index (κ2) is 6.98. The van der Waals surface area contributed by atoms with Gasteiger partial charge in [-0.2, -0.15) is 4.31 Å². The zero-order valence-electron chi connectivity index (χ0n) is 14.9. The van der Waals surface area contributed by atoms with Crippen LogP contribution in [0.15, 0.2) is 23.2 Å². The minimum absolute atomic E-state index is 0.300. The fraction of sp³-hybridized carbons (Fsp3) is 0.706. The van der Waals surface area contributed by atoms with E-state index >= 15 is 0 Å². The Bertz CT molecular complexity index is 644. The maximum absolute atomic E-state index is 12.7. The number of nitrogens with zero attached hydrogens (tertiary/aromatic N) is 4. The van der Waals surface area contributed by atoms with Crippen LogP contribution in [0.2, 0.25) is 0 Å². The van der Waals surface area contributed by atoms with E-state index in [0.717, 1.165) is 32.0 Å². The average molecular weight is 353 g/mol. The standard InChI is InChI=1S/C17H28N4O2S/c1-14-10-15(2)13-20(12-14)17-5-4-16(11-18-17)24(22,23)21-8-6-19(3)7-9-21/h4-5,11,14-15H,6-10,12-13H2,1-3H3. The first kappa shape index (κ1) is 17.6. The zero-order valence-corrected chi connectivity index (χ0v) is 15.7. The molecule has 2 atom stereocenters. The van der Waals surface area contributed by atoms with Gasteiger partial charge in [0.05, 0.1) is 0 Å². The number of pyridine rings is 1. The number of piperidine rings is 1. The van der Waals surface area contributed by atoms with Crippen molar-refractivity contribution in [2.24, 2.45) is 11.8 Å². The predicted molar refractivity (Wildman–Crippen MR) is 95.7 cm³/mol. The molecule has 6 nitrogen and oxygen atoms in total. The first-order chi connectivity index (χ1) is 11.4. The fourth-order valence-corrected chi connectivity index (χ4v) is 5.11. The van der Waals surface area contributed by atoms with Gasteiger partial charge in [0.1, 0.15) is 10.7 Å². The number of hydrogen-bond donors (Lipinski definition) is 0. The Balaban J connectivity index is 1.74. The highest BCUT2D eigenvalue weighted by molar-refractivity contribution is 7.89. The molecule has 0 saturated carbocycles. The van der Waals surface area contributed by atoms with Crippen LogP contribution in [0.1, 0.15) is 20.3 Å². The monoisotopic (exact) mass is 352 g/mol. The van der Waals surface area contributed by atoms with Crippen molar-refractivity contribution in [2.75, 3.05) is 51.2 Å². The van der Waals surface area contributed by atoms with Crippen molar-refractivity contribution in [1.82, 2.24) is 14.2 Å². The van der Waals surface area contributed by atoms with Gasteiger partial charge in [-0.3, -0.25) is 0 Å². The number of sulfonamides is 1. The van der Waals surface area contributed by atoms with Crippen LogP contribution in [0.3, 0.4) is 0 Å². The summed E-state index contributed by atoms with van der Waals surface area (Å²) in [7, 11) is -1.41. The molecule has 134 valence electrons. The quantitative estimate of drug-likeness (QED) is 0.825. The smallest absolute Gasteiger partial charge is 0.244 e. The van der Waals surface area contributed by atoms with E-state index in [-0.39, 0.29) is 0 Å². The minimum Gasteiger partial charge on any atom is -0.356 e. The van der Waals surface area contributed by atoms with Gasteiger partial charge in [-0.15, -0.1) is 0 Å². The Kier molecular flexibility index (Phi) is 5.13. The predicted octanol–water partition coefficient (Wildman–Crippen LogP) is 1.50. The summed E-state index contributed by atoms with van der Waals surface area (Å²) in [6.07, 6.45) is 2.76. The van der Waals surface area contributed by atoms with Gasteiger partial charge < -0.3 is 9.80 Å². The van der Waals surface area contributed by atoms with Crippen LogP contribution in [0.25, 0.3) is 0 Å². The normalized spacial score (nSPS) is 27.4. The second-order valence-corrected chi connectivity index (χ2v) is 9.35. The van der Waals surface area contributed by atoms with Crippen LogP contribution in [-0.4, -0.2) is 68.9 Å².